The number of hydrogen-bond donors (Lipinski definition) is 0. The molecule has 1 aromatic carbocycles. The number of esters is 2. The quantitative estimate of drug-likeness (QED) is 0.257. The van der Waals surface area contributed by atoms with Gasteiger partial charge in [0.2, 0.25) is 0 Å². The third-order valence-electron chi connectivity index (χ3n) is 3.48. The molecule has 0 N–H and O–H groups in total. The average molecular weight is 531 g/mol. The number of carbonyl (C=O) groups excluding carboxylic acids is 3. The Bertz CT molecular complexity index is 726. The SMILES string of the molecule is CC1COC(=O)O1.CCCCOC(C)=O.COCC(C)OC(C)=O.FC(F)(F)c1ccc(Cl)cc1. The number of carbonyl (C=O) groups is 3. The number of unbranched alkanes of at least 4 members (excludes halogenated alkanes) is 1. The Balaban J connectivity index is 0. The maximum atomic E-state index is 11.9. The molecule has 0 spiro atoms. The number of halogens is 4. The molecule has 1 aliphatic heterocycles. The van der Waals surface area contributed by atoms with Crippen molar-refractivity contribution < 1.29 is 51.2 Å². The number of rotatable bonds is 6. The molecule has 0 aliphatic carbocycles. The Morgan fingerprint density at radius 3 is 2.06 bits per heavy atom. The van der Waals surface area contributed by atoms with E-state index in [4.69, 9.17) is 21.1 Å². The third-order valence-corrected chi connectivity index (χ3v) is 3.73. The van der Waals surface area contributed by atoms with Crippen LogP contribution in [0.2, 0.25) is 5.02 Å². The topological polar surface area (TPSA) is 97.4 Å². The highest BCUT2D eigenvalue weighted by molar-refractivity contribution is 6.30. The molecular weight excluding hydrogens is 497 g/mol. The fourth-order valence-electron chi connectivity index (χ4n) is 1.97. The molecule has 0 radical (unpaired) electrons. The minimum atomic E-state index is -4.27. The zero-order valence-corrected chi connectivity index (χ0v) is 21.5. The van der Waals surface area contributed by atoms with Gasteiger partial charge in [0.05, 0.1) is 18.8 Å². The van der Waals surface area contributed by atoms with Gasteiger partial charge in [-0.15, -0.1) is 0 Å². The Kier molecular flexibility index (Phi) is 19.5. The summed E-state index contributed by atoms with van der Waals surface area (Å²) in [6, 6.07) is 4.32. The van der Waals surface area contributed by atoms with Crippen molar-refractivity contribution in [1.29, 1.82) is 0 Å². The van der Waals surface area contributed by atoms with E-state index in [1.807, 2.05) is 0 Å². The predicted octanol–water partition coefficient (Wildman–Crippen LogP) is 5.83. The zero-order valence-electron chi connectivity index (χ0n) is 20.8. The largest absolute Gasteiger partial charge is 0.508 e. The van der Waals surface area contributed by atoms with Crippen LogP contribution >= 0.6 is 11.6 Å². The van der Waals surface area contributed by atoms with Crippen molar-refractivity contribution in [2.45, 2.75) is 65.8 Å². The summed E-state index contributed by atoms with van der Waals surface area (Å²) in [5.74, 6) is -0.446. The molecular formula is C23H34ClF3O8. The summed E-state index contributed by atoms with van der Waals surface area (Å²) in [5, 5.41) is 0.304. The van der Waals surface area contributed by atoms with Crippen LogP contribution in [0.3, 0.4) is 0 Å². The second kappa shape index (κ2) is 19.7. The van der Waals surface area contributed by atoms with Gasteiger partial charge in [-0.25, -0.2) is 4.79 Å². The van der Waals surface area contributed by atoms with Gasteiger partial charge in [-0.3, -0.25) is 9.59 Å². The van der Waals surface area contributed by atoms with Crippen LogP contribution in [0.1, 0.15) is 53.0 Å². The van der Waals surface area contributed by atoms with Gasteiger partial charge in [0, 0.05) is 26.0 Å². The third kappa shape index (κ3) is 23.0. The molecule has 8 nitrogen and oxygen atoms in total. The maximum absolute atomic E-state index is 11.9. The lowest BCUT2D eigenvalue weighted by atomic mass is 10.2. The van der Waals surface area contributed by atoms with E-state index in [9.17, 15) is 27.6 Å². The van der Waals surface area contributed by atoms with Gasteiger partial charge in [0.1, 0.15) is 18.8 Å². The van der Waals surface area contributed by atoms with Gasteiger partial charge in [0.25, 0.3) is 0 Å². The van der Waals surface area contributed by atoms with E-state index in [1.165, 1.54) is 26.0 Å². The van der Waals surface area contributed by atoms with E-state index >= 15 is 0 Å². The van der Waals surface area contributed by atoms with Crippen molar-refractivity contribution >= 4 is 29.7 Å². The Hall–Kier alpha value is -2.53. The smallest absolute Gasteiger partial charge is 0.466 e. The van der Waals surface area contributed by atoms with Gasteiger partial charge in [0.15, 0.2) is 0 Å². The van der Waals surface area contributed by atoms with E-state index in [1.54, 1.807) is 21.0 Å². The summed E-state index contributed by atoms with van der Waals surface area (Å²) in [5.41, 5.74) is -0.679. The first-order valence-electron chi connectivity index (χ1n) is 10.7. The summed E-state index contributed by atoms with van der Waals surface area (Å²) in [4.78, 5) is 30.4. The van der Waals surface area contributed by atoms with Gasteiger partial charge in [-0.1, -0.05) is 24.9 Å². The minimum Gasteiger partial charge on any atom is -0.466 e. The fourth-order valence-corrected chi connectivity index (χ4v) is 2.09. The monoisotopic (exact) mass is 530 g/mol. The zero-order chi connectivity index (χ0) is 27.4. The second-order valence-corrected chi connectivity index (χ2v) is 7.50. The molecule has 1 aliphatic rings. The van der Waals surface area contributed by atoms with Gasteiger partial charge in [-0.2, -0.15) is 13.2 Å². The number of alkyl halides is 3. The standard InChI is InChI=1S/C7H4ClF3.C6H12O3.C6H12O2.C4H6O3/c8-6-3-1-5(2-4-6)7(9,10)11;1-5(4-8-3)9-6(2)7;1-3-4-5-8-6(2)7;1-3-2-6-4(5)7-3/h1-4H;5H,4H2,1-3H3;3-5H2,1-2H3;3H,2H2,1H3. The summed E-state index contributed by atoms with van der Waals surface area (Å²) in [6.07, 6.45) is -2.95. The molecule has 2 rings (SSSR count). The van der Waals surface area contributed by atoms with Crippen molar-refractivity contribution in [3.8, 4) is 0 Å². The molecule has 2 unspecified atom stereocenters. The van der Waals surface area contributed by atoms with Crippen LogP contribution in [0.4, 0.5) is 18.0 Å². The van der Waals surface area contributed by atoms with Gasteiger partial charge < -0.3 is 23.7 Å². The summed E-state index contributed by atoms with van der Waals surface area (Å²) >= 11 is 5.39. The Morgan fingerprint density at radius 2 is 1.74 bits per heavy atom. The van der Waals surface area contributed by atoms with Crippen molar-refractivity contribution in [1.82, 2.24) is 0 Å². The van der Waals surface area contributed by atoms with Gasteiger partial charge >= 0.3 is 24.3 Å². The number of ether oxygens (including phenoxy) is 5. The Morgan fingerprint density at radius 1 is 1.17 bits per heavy atom. The van der Waals surface area contributed by atoms with Crippen molar-refractivity contribution in [2.24, 2.45) is 0 Å². The molecule has 35 heavy (non-hydrogen) atoms. The Labute approximate surface area is 208 Å². The molecule has 2 atom stereocenters. The lowest BCUT2D eigenvalue weighted by Crippen LogP contribution is -2.17. The van der Waals surface area contributed by atoms with Crippen molar-refractivity contribution in [2.75, 3.05) is 26.9 Å². The number of hydrogen-bond acceptors (Lipinski definition) is 8. The van der Waals surface area contributed by atoms with Crippen LogP contribution in [0, 0.1) is 0 Å². The molecule has 0 aromatic heterocycles. The normalized spacial score (nSPS) is 14.8. The average Bonchev–Trinajstić information content (AvgIpc) is 3.11. The first kappa shape index (κ1) is 34.6. The summed E-state index contributed by atoms with van der Waals surface area (Å²) < 4.78 is 58.6. The summed E-state index contributed by atoms with van der Waals surface area (Å²) in [7, 11) is 1.57. The molecule has 1 saturated heterocycles. The highest BCUT2D eigenvalue weighted by Gasteiger charge is 2.29. The predicted molar refractivity (Wildman–Crippen MR) is 123 cm³/mol. The van der Waals surface area contributed by atoms with Crippen LogP contribution in [-0.2, 0) is 39.4 Å². The summed E-state index contributed by atoms with van der Waals surface area (Å²) in [6.45, 7) is 9.87. The van der Waals surface area contributed by atoms with Crippen LogP contribution < -0.4 is 0 Å². The maximum Gasteiger partial charge on any atom is 0.508 e. The van der Waals surface area contributed by atoms with Crippen LogP contribution in [0.25, 0.3) is 0 Å². The molecule has 1 aromatic rings. The molecule has 202 valence electrons. The van der Waals surface area contributed by atoms with Crippen molar-refractivity contribution in [3.05, 3.63) is 34.9 Å². The lowest BCUT2D eigenvalue weighted by molar-refractivity contribution is -0.147. The molecule has 1 heterocycles. The first-order valence-corrected chi connectivity index (χ1v) is 11.1. The molecule has 0 bridgehead atoms. The highest BCUT2D eigenvalue weighted by atomic mass is 35.5. The highest BCUT2D eigenvalue weighted by Crippen LogP contribution is 2.29. The van der Waals surface area contributed by atoms with E-state index in [-0.39, 0.29) is 24.1 Å². The first-order chi connectivity index (χ1) is 16.2. The molecule has 12 heteroatoms. The van der Waals surface area contributed by atoms with E-state index < -0.39 is 17.9 Å². The molecule has 0 saturated carbocycles. The lowest BCUT2D eigenvalue weighted by Gasteiger charge is -2.08. The van der Waals surface area contributed by atoms with Crippen LogP contribution in [-0.4, -0.2) is 57.2 Å². The number of cyclic esters (lactones) is 2. The molecule has 0 amide bonds. The van der Waals surface area contributed by atoms with Gasteiger partial charge in [-0.05, 0) is 44.5 Å². The van der Waals surface area contributed by atoms with E-state index in [2.05, 4.69) is 21.1 Å². The second-order valence-electron chi connectivity index (χ2n) is 7.06. The number of methoxy groups -OCH3 is 1. The van der Waals surface area contributed by atoms with Crippen molar-refractivity contribution in [3.63, 3.8) is 0 Å². The van der Waals surface area contributed by atoms with Crippen LogP contribution in [0.15, 0.2) is 24.3 Å². The van der Waals surface area contributed by atoms with Crippen LogP contribution in [0.5, 0.6) is 0 Å². The minimum absolute atomic E-state index is 0.0486. The fraction of sp³-hybridized carbons (Fsp3) is 0.609. The molecule has 1 fully saturated rings. The number of benzene rings is 1. The van der Waals surface area contributed by atoms with E-state index in [0.29, 0.717) is 24.8 Å². The van der Waals surface area contributed by atoms with E-state index in [0.717, 1.165) is 25.0 Å².